The smallest absolute Gasteiger partial charge is 0.387 e. The molecule has 20 heavy (non-hydrogen) atoms. The SMILES string of the molecule is COc1cc(Cn2nnc(N)c2C)ccc1OC(F)F. The fraction of sp³-hybridized carbons (Fsp3) is 0.333. The molecule has 0 atom stereocenters. The maximum Gasteiger partial charge on any atom is 0.387 e. The molecule has 0 fully saturated rings. The number of ether oxygens (including phenoxy) is 2. The molecule has 0 aliphatic carbocycles. The second kappa shape index (κ2) is 5.72. The van der Waals surface area contributed by atoms with Crippen molar-refractivity contribution in [3.63, 3.8) is 0 Å². The van der Waals surface area contributed by atoms with Crippen LogP contribution in [-0.4, -0.2) is 28.7 Å². The van der Waals surface area contributed by atoms with Gasteiger partial charge in [0, 0.05) is 0 Å². The molecule has 6 nitrogen and oxygen atoms in total. The Hall–Kier alpha value is -2.38. The second-order valence-corrected chi connectivity index (χ2v) is 4.08. The Kier molecular flexibility index (Phi) is 4.02. The maximum atomic E-state index is 12.2. The van der Waals surface area contributed by atoms with Gasteiger partial charge in [0.25, 0.3) is 0 Å². The minimum atomic E-state index is -2.90. The molecule has 0 spiro atoms. The molecule has 2 rings (SSSR count). The van der Waals surface area contributed by atoms with E-state index in [0.29, 0.717) is 12.4 Å². The van der Waals surface area contributed by atoms with Gasteiger partial charge in [-0.1, -0.05) is 11.3 Å². The lowest BCUT2D eigenvalue weighted by atomic mass is 10.2. The molecule has 2 aromatic rings. The summed E-state index contributed by atoms with van der Waals surface area (Å²) in [7, 11) is 1.39. The monoisotopic (exact) mass is 284 g/mol. The first-order chi connectivity index (χ1) is 9.51. The van der Waals surface area contributed by atoms with Crippen molar-refractivity contribution in [3.05, 3.63) is 29.5 Å². The number of hydrogen-bond donors (Lipinski definition) is 1. The third kappa shape index (κ3) is 2.95. The quantitative estimate of drug-likeness (QED) is 0.906. The Morgan fingerprint density at radius 3 is 2.65 bits per heavy atom. The lowest BCUT2D eigenvalue weighted by molar-refractivity contribution is -0.0512. The maximum absolute atomic E-state index is 12.2. The Morgan fingerprint density at radius 2 is 2.10 bits per heavy atom. The van der Waals surface area contributed by atoms with Crippen molar-refractivity contribution >= 4 is 5.82 Å². The minimum absolute atomic E-state index is 0.0129. The molecule has 0 bridgehead atoms. The van der Waals surface area contributed by atoms with Crippen LogP contribution in [0.2, 0.25) is 0 Å². The highest BCUT2D eigenvalue weighted by molar-refractivity contribution is 5.43. The van der Waals surface area contributed by atoms with Crippen LogP contribution in [0.15, 0.2) is 18.2 Å². The summed E-state index contributed by atoms with van der Waals surface area (Å²) in [5, 5.41) is 7.63. The summed E-state index contributed by atoms with van der Waals surface area (Å²) in [6.07, 6.45) is 0. The molecular weight excluding hydrogens is 270 g/mol. The van der Waals surface area contributed by atoms with E-state index in [-0.39, 0.29) is 11.5 Å². The molecule has 108 valence electrons. The fourth-order valence-electron chi connectivity index (χ4n) is 1.70. The molecular formula is C12H14F2N4O2. The predicted molar refractivity (Wildman–Crippen MR) is 67.9 cm³/mol. The number of anilines is 1. The molecule has 0 saturated carbocycles. The average molecular weight is 284 g/mol. The Labute approximate surface area is 114 Å². The van der Waals surface area contributed by atoms with Gasteiger partial charge in [0.2, 0.25) is 0 Å². The van der Waals surface area contributed by atoms with Gasteiger partial charge in [-0.2, -0.15) is 8.78 Å². The van der Waals surface area contributed by atoms with Crippen LogP contribution in [-0.2, 0) is 6.54 Å². The van der Waals surface area contributed by atoms with Crippen molar-refractivity contribution in [1.82, 2.24) is 15.0 Å². The first kappa shape index (κ1) is 14.0. The number of methoxy groups -OCH3 is 1. The molecule has 0 saturated heterocycles. The van der Waals surface area contributed by atoms with Crippen molar-refractivity contribution in [3.8, 4) is 11.5 Å². The molecule has 0 aliphatic rings. The van der Waals surface area contributed by atoms with Crippen LogP contribution in [0.3, 0.4) is 0 Å². The van der Waals surface area contributed by atoms with Crippen molar-refractivity contribution in [2.45, 2.75) is 20.1 Å². The van der Waals surface area contributed by atoms with E-state index in [1.165, 1.54) is 13.2 Å². The van der Waals surface area contributed by atoms with Gasteiger partial charge in [-0.05, 0) is 24.6 Å². The van der Waals surface area contributed by atoms with E-state index >= 15 is 0 Å². The summed E-state index contributed by atoms with van der Waals surface area (Å²) in [5.41, 5.74) is 7.14. The zero-order valence-electron chi connectivity index (χ0n) is 11.0. The van der Waals surface area contributed by atoms with Crippen molar-refractivity contribution in [1.29, 1.82) is 0 Å². The van der Waals surface area contributed by atoms with Gasteiger partial charge >= 0.3 is 6.61 Å². The van der Waals surface area contributed by atoms with E-state index in [4.69, 9.17) is 10.5 Å². The number of halogens is 2. The first-order valence-corrected chi connectivity index (χ1v) is 5.78. The van der Waals surface area contributed by atoms with Gasteiger partial charge in [0.1, 0.15) is 0 Å². The van der Waals surface area contributed by atoms with Crippen LogP contribution in [0, 0.1) is 6.92 Å². The van der Waals surface area contributed by atoms with Gasteiger partial charge in [0.15, 0.2) is 17.3 Å². The van der Waals surface area contributed by atoms with Gasteiger partial charge < -0.3 is 15.2 Å². The molecule has 1 aromatic carbocycles. The van der Waals surface area contributed by atoms with Crippen molar-refractivity contribution < 1.29 is 18.3 Å². The summed E-state index contributed by atoms with van der Waals surface area (Å²) in [4.78, 5) is 0. The van der Waals surface area contributed by atoms with Gasteiger partial charge in [-0.3, -0.25) is 0 Å². The summed E-state index contributed by atoms with van der Waals surface area (Å²) in [5.74, 6) is 0.573. The molecule has 8 heteroatoms. The van der Waals surface area contributed by atoms with E-state index in [1.807, 2.05) is 0 Å². The highest BCUT2D eigenvalue weighted by Gasteiger charge is 2.12. The van der Waals surface area contributed by atoms with Crippen molar-refractivity contribution in [2.24, 2.45) is 0 Å². The normalized spacial score (nSPS) is 10.8. The number of benzene rings is 1. The van der Waals surface area contributed by atoms with Crippen LogP contribution < -0.4 is 15.2 Å². The molecule has 0 aliphatic heterocycles. The fourth-order valence-corrected chi connectivity index (χ4v) is 1.70. The van der Waals surface area contributed by atoms with Crippen LogP contribution in [0.4, 0.5) is 14.6 Å². The molecule has 0 amide bonds. The largest absolute Gasteiger partial charge is 0.493 e. The topological polar surface area (TPSA) is 75.2 Å². The van der Waals surface area contributed by atoms with Gasteiger partial charge in [-0.25, -0.2) is 4.68 Å². The minimum Gasteiger partial charge on any atom is -0.493 e. The summed E-state index contributed by atoms with van der Waals surface area (Å²) >= 11 is 0. The van der Waals surface area contributed by atoms with Gasteiger partial charge in [-0.15, -0.1) is 5.10 Å². The predicted octanol–water partition coefficient (Wildman–Crippen LogP) is 1.83. The molecule has 1 aromatic heterocycles. The Bertz CT molecular complexity index is 601. The average Bonchev–Trinajstić information content (AvgIpc) is 2.72. The van der Waals surface area contributed by atoms with Crippen LogP contribution in [0.5, 0.6) is 11.5 Å². The first-order valence-electron chi connectivity index (χ1n) is 5.78. The molecule has 2 N–H and O–H groups in total. The van der Waals surface area contributed by atoms with E-state index in [1.54, 1.807) is 23.7 Å². The zero-order chi connectivity index (χ0) is 14.7. The molecule has 0 unspecified atom stereocenters. The summed E-state index contributed by atoms with van der Waals surface area (Å²) in [6, 6.07) is 4.68. The molecule has 0 radical (unpaired) electrons. The third-order valence-corrected chi connectivity index (χ3v) is 2.79. The summed E-state index contributed by atoms with van der Waals surface area (Å²) < 4.78 is 35.4. The van der Waals surface area contributed by atoms with Crippen LogP contribution >= 0.6 is 0 Å². The number of nitrogens with zero attached hydrogens (tertiary/aromatic N) is 3. The van der Waals surface area contributed by atoms with E-state index in [0.717, 1.165) is 11.3 Å². The molecule has 1 heterocycles. The lowest BCUT2D eigenvalue weighted by Gasteiger charge is -2.11. The van der Waals surface area contributed by atoms with Gasteiger partial charge in [0.05, 0.1) is 19.3 Å². The number of hydrogen-bond acceptors (Lipinski definition) is 5. The van der Waals surface area contributed by atoms with Crippen LogP contribution in [0.25, 0.3) is 0 Å². The van der Waals surface area contributed by atoms with Crippen molar-refractivity contribution in [2.75, 3.05) is 12.8 Å². The standard InChI is InChI=1S/C12H14F2N4O2/c1-7-11(15)16-17-18(7)6-8-3-4-9(20-12(13)14)10(5-8)19-2/h3-5,12H,6,15H2,1-2H3. The lowest BCUT2D eigenvalue weighted by Crippen LogP contribution is -2.06. The Balaban J connectivity index is 2.23. The Morgan fingerprint density at radius 1 is 1.35 bits per heavy atom. The number of aromatic nitrogens is 3. The second-order valence-electron chi connectivity index (χ2n) is 4.08. The number of nitrogen functional groups attached to an aromatic ring is 1. The summed E-state index contributed by atoms with van der Waals surface area (Å²) in [6.45, 7) is -0.700. The van der Waals surface area contributed by atoms with E-state index in [9.17, 15) is 8.78 Å². The third-order valence-electron chi connectivity index (χ3n) is 2.79. The number of alkyl halides is 2. The zero-order valence-corrected chi connectivity index (χ0v) is 11.0. The van der Waals surface area contributed by atoms with E-state index in [2.05, 4.69) is 15.0 Å². The van der Waals surface area contributed by atoms with E-state index < -0.39 is 6.61 Å². The number of nitrogens with two attached hydrogens (primary N) is 1. The highest BCUT2D eigenvalue weighted by Crippen LogP contribution is 2.29. The van der Waals surface area contributed by atoms with Crippen LogP contribution in [0.1, 0.15) is 11.3 Å². The number of rotatable bonds is 5. The highest BCUT2D eigenvalue weighted by atomic mass is 19.3.